The minimum Gasteiger partial charge on any atom is -0.487 e. The Hall–Kier alpha value is -3.87. The molecule has 0 aliphatic rings. The third-order valence-electron chi connectivity index (χ3n) is 6.18. The van der Waals surface area contributed by atoms with Gasteiger partial charge in [0.1, 0.15) is 24.0 Å². The molecule has 202 valence electrons. The van der Waals surface area contributed by atoms with Crippen LogP contribution in [0.15, 0.2) is 79.0 Å². The second kappa shape index (κ2) is 12.6. The summed E-state index contributed by atoms with van der Waals surface area (Å²) in [5.41, 5.74) is 1.91. The molecule has 2 amide bonds. The van der Waals surface area contributed by atoms with Crippen molar-refractivity contribution < 1.29 is 19.1 Å². The Morgan fingerprint density at radius 3 is 2.18 bits per heavy atom. The first-order valence-electron chi connectivity index (χ1n) is 12.9. The van der Waals surface area contributed by atoms with Crippen LogP contribution in [0.3, 0.4) is 0 Å². The molecule has 3 rings (SSSR count). The van der Waals surface area contributed by atoms with Gasteiger partial charge in [-0.15, -0.1) is 0 Å². The fourth-order valence-electron chi connectivity index (χ4n) is 3.87. The predicted molar refractivity (Wildman–Crippen MR) is 149 cm³/mol. The molecule has 0 aliphatic carbocycles. The fraction of sp³-hybridized carbons (Fsp3) is 0.387. The number of carbonyl (C=O) groups excluding carboxylic acids is 2. The summed E-state index contributed by atoms with van der Waals surface area (Å²) >= 11 is 0. The lowest BCUT2D eigenvalue weighted by atomic mass is 9.84. The first kappa shape index (κ1) is 28.7. The summed E-state index contributed by atoms with van der Waals surface area (Å²) in [5, 5.41) is 3.07. The van der Waals surface area contributed by atoms with Crippen LogP contribution in [-0.2, 0) is 28.0 Å². The number of pyridine rings is 1. The summed E-state index contributed by atoms with van der Waals surface area (Å²) in [5.74, 6) is 0.461. The molecule has 1 N–H and O–H groups in total. The summed E-state index contributed by atoms with van der Waals surface area (Å²) in [6.07, 6.45) is 1.51. The van der Waals surface area contributed by atoms with Gasteiger partial charge in [0, 0.05) is 31.6 Å². The normalized spacial score (nSPS) is 12.4. The fourth-order valence-corrected chi connectivity index (χ4v) is 3.87. The first-order chi connectivity index (χ1) is 17.9. The van der Waals surface area contributed by atoms with Crippen molar-refractivity contribution in [2.45, 2.75) is 64.7 Å². The monoisotopic (exact) mass is 517 g/mol. The second-order valence-electron chi connectivity index (χ2n) is 11.0. The zero-order valence-corrected chi connectivity index (χ0v) is 23.2. The van der Waals surface area contributed by atoms with Crippen molar-refractivity contribution >= 4 is 12.0 Å². The van der Waals surface area contributed by atoms with Crippen molar-refractivity contribution in [2.75, 3.05) is 13.6 Å². The topological polar surface area (TPSA) is 80.8 Å². The minimum atomic E-state index is -0.753. The molecule has 1 aromatic heterocycles. The van der Waals surface area contributed by atoms with Gasteiger partial charge in [-0.25, -0.2) is 4.79 Å². The quantitative estimate of drug-likeness (QED) is 0.382. The van der Waals surface area contributed by atoms with Gasteiger partial charge in [-0.3, -0.25) is 14.7 Å². The van der Waals surface area contributed by atoms with Gasteiger partial charge in [-0.1, -0.05) is 62.4 Å². The van der Waals surface area contributed by atoms with Crippen LogP contribution in [0.25, 0.3) is 0 Å². The zero-order chi connectivity index (χ0) is 27.8. The number of hydrogen-bond donors (Lipinski definition) is 1. The van der Waals surface area contributed by atoms with E-state index in [0.29, 0.717) is 25.3 Å². The summed E-state index contributed by atoms with van der Waals surface area (Å²) in [6, 6.07) is 22.5. The molecule has 0 radical (unpaired) electrons. The molecule has 0 saturated carbocycles. The largest absolute Gasteiger partial charge is 0.487 e. The molecule has 0 spiro atoms. The molecule has 7 heteroatoms. The standard InChI is InChI=1S/C31H39N3O4/c1-30(2,3)38-29(36)34(6)27(28(35)33-22-31(4,5)24-12-8-7-9-13-24)20-23-15-17-26(18-16-23)37-21-25-14-10-11-19-32-25/h7-19,27H,20-22H2,1-6H3,(H,33,35)/t27-/m0/s1. The average molecular weight is 518 g/mol. The Bertz CT molecular complexity index is 1170. The Balaban J connectivity index is 1.71. The highest BCUT2D eigenvalue weighted by Gasteiger charge is 2.32. The number of ether oxygens (including phenoxy) is 2. The van der Waals surface area contributed by atoms with Crippen molar-refractivity contribution in [3.05, 3.63) is 95.8 Å². The Kier molecular flexibility index (Phi) is 9.50. The van der Waals surface area contributed by atoms with Crippen LogP contribution in [0.1, 0.15) is 51.4 Å². The maximum Gasteiger partial charge on any atom is 0.410 e. The van der Waals surface area contributed by atoms with E-state index >= 15 is 0 Å². The number of amides is 2. The molecule has 0 bridgehead atoms. The summed E-state index contributed by atoms with van der Waals surface area (Å²) in [7, 11) is 1.60. The third-order valence-corrected chi connectivity index (χ3v) is 6.18. The smallest absolute Gasteiger partial charge is 0.410 e. The van der Waals surface area contributed by atoms with Gasteiger partial charge in [0.05, 0.1) is 5.69 Å². The van der Waals surface area contributed by atoms with E-state index in [-0.39, 0.29) is 11.3 Å². The second-order valence-corrected chi connectivity index (χ2v) is 11.0. The molecule has 0 aliphatic heterocycles. The van der Waals surface area contributed by atoms with Gasteiger partial charge >= 0.3 is 6.09 Å². The maximum atomic E-state index is 13.5. The predicted octanol–water partition coefficient (Wildman–Crippen LogP) is 5.53. The van der Waals surface area contributed by atoms with E-state index in [1.54, 1.807) is 34.0 Å². The van der Waals surface area contributed by atoms with E-state index in [9.17, 15) is 9.59 Å². The van der Waals surface area contributed by atoms with E-state index < -0.39 is 17.7 Å². The van der Waals surface area contributed by atoms with Crippen LogP contribution in [0, 0.1) is 0 Å². The zero-order valence-electron chi connectivity index (χ0n) is 23.2. The van der Waals surface area contributed by atoms with Gasteiger partial charge in [0.15, 0.2) is 0 Å². The minimum absolute atomic E-state index is 0.238. The van der Waals surface area contributed by atoms with Gasteiger partial charge in [0.25, 0.3) is 0 Å². The highest BCUT2D eigenvalue weighted by molar-refractivity contribution is 5.86. The van der Waals surface area contributed by atoms with Crippen LogP contribution in [0.2, 0.25) is 0 Å². The van der Waals surface area contributed by atoms with E-state index in [2.05, 4.69) is 24.1 Å². The third kappa shape index (κ3) is 8.61. The number of carbonyl (C=O) groups is 2. The van der Waals surface area contributed by atoms with Crippen molar-refractivity contribution in [1.29, 1.82) is 0 Å². The molecule has 38 heavy (non-hydrogen) atoms. The Morgan fingerprint density at radius 2 is 1.58 bits per heavy atom. The van der Waals surface area contributed by atoms with E-state index in [0.717, 1.165) is 16.8 Å². The number of aromatic nitrogens is 1. The highest BCUT2D eigenvalue weighted by Crippen LogP contribution is 2.22. The van der Waals surface area contributed by atoms with Crippen LogP contribution in [0.4, 0.5) is 4.79 Å². The van der Waals surface area contributed by atoms with Crippen LogP contribution < -0.4 is 10.1 Å². The SMILES string of the molecule is CN(C(=O)OC(C)(C)C)[C@@H](Cc1ccc(OCc2ccccn2)cc1)C(=O)NCC(C)(C)c1ccccc1. The van der Waals surface area contributed by atoms with Crippen LogP contribution >= 0.6 is 0 Å². The van der Waals surface area contributed by atoms with Gasteiger partial charge in [-0.2, -0.15) is 0 Å². The Labute approximate surface area is 226 Å². The summed E-state index contributed by atoms with van der Waals surface area (Å²) in [4.78, 5) is 32.0. The number of likely N-dealkylation sites (N-methyl/N-ethyl adjacent to an activating group) is 1. The van der Waals surface area contributed by atoms with E-state index in [4.69, 9.17) is 9.47 Å². The first-order valence-corrected chi connectivity index (χ1v) is 12.9. The number of hydrogen-bond acceptors (Lipinski definition) is 5. The summed E-state index contributed by atoms with van der Waals surface area (Å²) < 4.78 is 11.4. The molecule has 1 heterocycles. The molecular formula is C31H39N3O4. The van der Waals surface area contributed by atoms with E-state index in [1.807, 2.05) is 72.8 Å². The summed E-state index contributed by atoms with van der Waals surface area (Å²) in [6.45, 7) is 10.4. The van der Waals surface area contributed by atoms with Crippen molar-refractivity contribution in [2.24, 2.45) is 0 Å². The van der Waals surface area contributed by atoms with E-state index in [1.165, 1.54) is 4.90 Å². The number of nitrogens with one attached hydrogen (secondary N) is 1. The molecule has 2 aromatic carbocycles. The highest BCUT2D eigenvalue weighted by atomic mass is 16.6. The maximum absolute atomic E-state index is 13.5. The van der Waals surface area contributed by atoms with Crippen LogP contribution in [-0.4, -0.2) is 47.1 Å². The average Bonchev–Trinajstić information content (AvgIpc) is 2.89. The molecule has 0 unspecified atom stereocenters. The molecule has 3 aromatic rings. The lowest BCUT2D eigenvalue weighted by Gasteiger charge is -2.32. The molecule has 0 saturated heterocycles. The lowest BCUT2D eigenvalue weighted by molar-refractivity contribution is -0.126. The van der Waals surface area contributed by atoms with Crippen molar-refractivity contribution in [3.8, 4) is 5.75 Å². The van der Waals surface area contributed by atoms with Gasteiger partial charge in [0.2, 0.25) is 5.91 Å². The Morgan fingerprint density at radius 1 is 0.921 bits per heavy atom. The number of rotatable bonds is 10. The van der Waals surface area contributed by atoms with Crippen molar-refractivity contribution in [1.82, 2.24) is 15.2 Å². The number of nitrogens with zero attached hydrogens (tertiary/aromatic N) is 2. The molecule has 7 nitrogen and oxygen atoms in total. The van der Waals surface area contributed by atoms with Gasteiger partial charge in [-0.05, 0) is 56.2 Å². The molecular weight excluding hydrogens is 478 g/mol. The lowest BCUT2D eigenvalue weighted by Crippen LogP contribution is -2.52. The van der Waals surface area contributed by atoms with Crippen molar-refractivity contribution in [3.63, 3.8) is 0 Å². The van der Waals surface area contributed by atoms with Gasteiger partial charge < -0.3 is 14.8 Å². The molecule has 1 atom stereocenters. The molecule has 0 fully saturated rings. The van der Waals surface area contributed by atoms with Crippen LogP contribution in [0.5, 0.6) is 5.75 Å². The number of benzene rings is 2.